The number of amides is 2. The fourth-order valence-corrected chi connectivity index (χ4v) is 4.14. The van der Waals surface area contributed by atoms with Gasteiger partial charge in [0.25, 0.3) is 0 Å². The molecule has 1 heterocycles. The molecule has 6 nitrogen and oxygen atoms in total. The van der Waals surface area contributed by atoms with Crippen LogP contribution in [0, 0.1) is 12.7 Å². The van der Waals surface area contributed by atoms with Crippen LogP contribution in [-0.4, -0.2) is 16.8 Å². The summed E-state index contributed by atoms with van der Waals surface area (Å²) in [6, 6.07) is 20.8. The lowest BCUT2D eigenvalue weighted by atomic mass is 10.2. The first-order chi connectivity index (χ1) is 16.9. The molecule has 0 aliphatic rings. The van der Waals surface area contributed by atoms with Gasteiger partial charge in [-0.25, -0.2) is 9.37 Å². The van der Waals surface area contributed by atoms with Gasteiger partial charge in [-0.3, -0.25) is 14.5 Å². The van der Waals surface area contributed by atoms with Gasteiger partial charge in [-0.05, 0) is 55.0 Å². The van der Waals surface area contributed by atoms with Crippen LogP contribution in [0.15, 0.2) is 84.3 Å². The van der Waals surface area contributed by atoms with Crippen LogP contribution >= 0.6 is 11.3 Å². The molecule has 4 rings (SSSR count). The molecule has 0 fully saturated rings. The van der Waals surface area contributed by atoms with Gasteiger partial charge in [0.1, 0.15) is 11.6 Å². The predicted molar refractivity (Wildman–Crippen MR) is 137 cm³/mol. The molecule has 35 heavy (non-hydrogen) atoms. The number of aromatic nitrogens is 1. The van der Waals surface area contributed by atoms with Gasteiger partial charge in [0.2, 0.25) is 11.8 Å². The Morgan fingerprint density at radius 3 is 2.60 bits per heavy atom. The number of aryl methyl sites for hydroxylation is 1. The summed E-state index contributed by atoms with van der Waals surface area (Å²) < 4.78 is 20.2. The van der Waals surface area contributed by atoms with Crippen molar-refractivity contribution >= 4 is 45.7 Å². The van der Waals surface area contributed by atoms with Crippen LogP contribution in [0.1, 0.15) is 18.2 Å². The van der Waals surface area contributed by atoms with Crippen LogP contribution in [0.4, 0.5) is 20.9 Å². The van der Waals surface area contributed by atoms with E-state index in [1.807, 2.05) is 37.3 Å². The molecule has 176 valence electrons. The highest BCUT2D eigenvalue weighted by atomic mass is 32.1. The van der Waals surface area contributed by atoms with Gasteiger partial charge in [0.05, 0.1) is 17.1 Å². The third-order valence-electron chi connectivity index (χ3n) is 4.88. The number of ether oxygens (including phenoxy) is 1. The van der Waals surface area contributed by atoms with E-state index in [1.165, 1.54) is 47.4 Å². The molecule has 0 aliphatic carbocycles. The zero-order chi connectivity index (χ0) is 24.8. The predicted octanol–water partition coefficient (Wildman–Crippen LogP) is 6.72. The van der Waals surface area contributed by atoms with E-state index in [2.05, 4.69) is 10.3 Å². The maximum absolute atomic E-state index is 14.2. The second kappa shape index (κ2) is 10.8. The molecule has 3 aromatic carbocycles. The lowest BCUT2D eigenvalue weighted by Gasteiger charge is -2.18. The monoisotopic (exact) mass is 487 g/mol. The van der Waals surface area contributed by atoms with E-state index < -0.39 is 5.82 Å². The highest BCUT2D eigenvalue weighted by molar-refractivity contribution is 7.14. The van der Waals surface area contributed by atoms with Gasteiger partial charge in [0, 0.05) is 18.4 Å². The van der Waals surface area contributed by atoms with Crippen molar-refractivity contribution in [3.63, 3.8) is 0 Å². The van der Waals surface area contributed by atoms with Gasteiger partial charge in [-0.15, -0.1) is 11.3 Å². The summed E-state index contributed by atoms with van der Waals surface area (Å²) in [5.74, 6) is -0.0962. The van der Waals surface area contributed by atoms with Crippen LogP contribution in [0.5, 0.6) is 11.5 Å². The van der Waals surface area contributed by atoms with Crippen molar-refractivity contribution in [2.75, 3.05) is 10.2 Å². The Morgan fingerprint density at radius 1 is 1.06 bits per heavy atom. The summed E-state index contributed by atoms with van der Waals surface area (Å²) in [4.78, 5) is 30.3. The van der Waals surface area contributed by atoms with Crippen LogP contribution in [-0.2, 0) is 9.59 Å². The Morgan fingerprint density at radius 2 is 1.83 bits per heavy atom. The number of halogens is 1. The SMILES string of the molecule is CC(=O)N(c1nc(/C=C/C(=O)Nc2ccccc2Oc2cccc(C)c2)cs1)c1ccccc1F. The summed E-state index contributed by atoms with van der Waals surface area (Å²) in [5.41, 5.74) is 2.16. The van der Waals surface area contributed by atoms with E-state index >= 15 is 0 Å². The van der Waals surface area contributed by atoms with Gasteiger partial charge in [-0.2, -0.15) is 0 Å². The number of thiazole rings is 1. The molecule has 0 radical (unpaired) electrons. The number of nitrogens with zero attached hydrogens (tertiary/aromatic N) is 2. The van der Waals surface area contributed by atoms with E-state index in [0.717, 1.165) is 5.56 Å². The molecule has 0 atom stereocenters. The average Bonchev–Trinajstić information content (AvgIpc) is 3.29. The van der Waals surface area contributed by atoms with Crippen molar-refractivity contribution in [2.45, 2.75) is 13.8 Å². The first-order valence-corrected chi connectivity index (χ1v) is 11.6. The minimum absolute atomic E-state index is 0.118. The number of para-hydroxylation sites is 3. The number of nitrogens with one attached hydrogen (secondary N) is 1. The number of benzene rings is 3. The molecule has 0 aliphatic heterocycles. The third-order valence-corrected chi connectivity index (χ3v) is 5.72. The zero-order valence-electron chi connectivity index (χ0n) is 19.1. The van der Waals surface area contributed by atoms with Crippen molar-refractivity contribution in [1.29, 1.82) is 0 Å². The van der Waals surface area contributed by atoms with E-state index in [9.17, 15) is 14.0 Å². The zero-order valence-corrected chi connectivity index (χ0v) is 19.9. The lowest BCUT2D eigenvalue weighted by Crippen LogP contribution is -2.23. The summed E-state index contributed by atoms with van der Waals surface area (Å²) >= 11 is 1.17. The molecule has 0 saturated heterocycles. The van der Waals surface area contributed by atoms with Crippen LogP contribution in [0.3, 0.4) is 0 Å². The minimum Gasteiger partial charge on any atom is -0.455 e. The first kappa shape index (κ1) is 23.8. The number of rotatable bonds is 7. The maximum Gasteiger partial charge on any atom is 0.248 e. The number of anilines is 3. The molecule has 0 spiro atoms. The molecule has 0 bridgehead atoms. The molecule has 8 heteroatoms. The van der Waals surface area contributed by atoms with Crippen molar-refractivity contribution < 1.29 is 18.7 Å². The van der Waals surface area contributed by atoms with Crippen LogP contribution in [0.2, 0.25) is 0 Å². The summed E-state index contributed by atoms with van der Waals surface area (Å²) in [6.07, 6.45) is 2.86. The highest BCUT2D eigenvalue weighted by Gasteiger charge is 2.20. The molecule has 1 aromatic heterocycles. The minimum atomic E-state index is -0.527. The second-order valence-corrected chi connectivity index (χ2v) is 8.43. The van der Waals surface area contributed by atoms with Gasteiger partial charge >= 0.3 is 0 Å². The summed E-state index contributed by atoms with van der Waals surface area (Å²) in [5, 5.41) is 4.80. The molecular weight excluding hydrogens is 465 g/mol. The first-order valence-electron chi connectivity index (χ1n) is 10.7. The Labute approximate surface area is 206 Å². The Kier molecular flexibility index (Phi) is 7.32. The Bertz CT molecular complexity index is 1400. The lowest BCUT2D eigenvalue weighted by molar-refractivity contribution is -0.116. The maximum atomic E-state index is 14.2. The summed E-state index contributed by atoms with van der Waals surface area (Å²) in [6.45, 7) is 3.31. The van der Waals surface area contributed by atoms with E-state index in [4.69, 9.17) is 4.74 Å². The highest BCUT2D eigenvalue weighted by Crippen LogP contribution is 2.32. The van der Waals surface area contributed by atoms with Gasteiger partial charge in [-0.1, -0.05) is 36.4 Å². The van der Waals surface area contributed by atoms with Crippen LogP contribution in [0.25, 0.3) is 6.08 Å². The van der Waals surface area contributed by atoms with E-state index in [0.29, 0.717) is 28.0 Å². The van der Waals surface area contributed by atoms with Crippen LogP contribution < -0.4 is 15.0 Å². The van der Waals surface area contributed by atoms with Crippen molar-refractivity contribution in [1.82, 2.24) is 4.98 Å². The van der Waals surface area contributed by atoms with Crippen molar-refractivity contribution in [2.24, 2.45) is 0 Å². The topological polar surface area (TPSA) is 71.5 Å². The summed E-state index contributed by atoms with van der Waals surface area (Å²) in [7, 11) is 0. The molecule has 4 aromatic rings. The van der Waals surface area contributed by atoms with Gasteiger partial charge in [0.15, 0.2) is 10.9 Å². The molecular formula is C27H22FN3O3S. The van der Waals surface area contributed by atoms with Crippen molar-refractivity contribution in [3.05, 3.63) is 101 Å². The fourth-order valence-electron chi connectivity index (χ4n) is 3.30. The number of hydrogen-bond donors (Lipinski definition) is 1. The fraction of sp³-hybridized carbons (Fsp3) is 0.0741. The number of hydrogen-bond acceptors (Lipinski definition) is 5. The van der Waals surface area contributed by atoms with E-state index in [-0.39, 0.29) is 17.5 Å². The third kappa shape index (κ3) is 5.99. The molecule has 2 amide bonds. The number of carbonyl (C=O) groups excluding carboxylic acids is 2. The molecule has 0 unspecified atom stereocenters. The Hall–Kier alpha value is -4.30. The van der Waals surface area contributed by atoms with Gasteiger partial charge < -0.3 is 10.1 Å². The Balaban J connectivity index is 1.47. The molecule has 1 N–H and O–H groups in total. The number of carbonyl (C=O) groups is 2. The largest absolute Gasteiger partial charge is 0.455 e. The standard InChI is InChI=1S/C27H22FN3O3S/c1-18-8-7-9-21(16-18)34-25-13-6-4-11-23(25)30-26(33)15-14-20-17-35-27(29-20)31(19(2)32)24-12-5-3-10-22(24)28/h3-17H,1-2H3,(H,30,33)/b15-14+. The van der Waals surface area contributed by atoms with Crippen molar-refractivity contribution in [3.8, 4) is 11.5 Å². The second-order valence-electron chi connectivity index (χ2n) is 7.60. The normalized spacial score (nSPS) is 10.8. The quantitative estimate of drug-likeness (QED) is 0.294. The molecule has 0 saturated carbocycles. The average molecular weight is 488 g/mol. The van der Waals surface area contributed by atoms with E-state index in [1.54, 1.807) is 35.7 Å². The smallest absolute Gasteiger partial charge is 0.248 e.